The van der Waals surface area contributed by atoms with E-state index < -0.39 is 30.3 Å². The molecule has 250 valence electrons. The minimum absolute atomic E-state index is 0.0816. The number of carboxylic acid groups (broad SMARTS) is 1. The highest BCUT2D eigenvalue weighted by atomic mass is 16.5. The number of rotatable bonds is 13. The number of benzene rings is 3. The van der Waals surface area contributed by atoms with Crippen LogP contribution in [0.4, 0.5) is 5.69 Å². The van der Waals surface area contributed by atoms with Crippen LogP contribution in [0.25, 0.3) is 11.1 Å². The third-order valence-electron chi connectivity index (χ3n) is 8.55. The Balaban J connectivity index is 1.23. The van der Waals surface area contributed by atoms with Crippen LogP contribution in [-0.2, 0) is 32.1 Å². The summed E-state index contributed by atoms with van der Waals surface area (Å²) in [5, 5.41) is 16.1. The normalized spacial score (nSPS) is 12.9. The molecule has 48 heavy (non-hydrogen) atoms. The molecule has 11 nitrogen and oxygen atoms in total. The lowest BCUT2D eigenvalue weighted by atomic mass is 9.93. The van der Waals surface area contributed by atoms with E-state index >= 15 is 0 Å². The highest BCUT2D eigenvalue weighted by Crippen LogP contribution is 2.36. The molecule has 1 atom stereocenters. The first-order valence-corrected chi connectivity index (χ1v) is 16.0. The Labute approximate surface area is 279 Å². The molecule has 0 spiro atoms. The number of carbonyl (C=O) groups is 4. The Hall–Kier alpha value is -5.45. The van der Waals surface area contributed by atoms with Gasteiger partial charge in [0.05, 0.1) is 32.9 Å². The molecule has 11 heteroatoms. The fourth-order valence-electron chi connectivity index (χ4n) is 5.91. The average Bonchev–Trinajstić information content (AvgIpc) is 3.55. The number of hydrogen-bond donors (Lipinski definition) is 2. The monoisotopic (exact) mass is 652 g/mol. The van der Waals surface area contributed by atoms with Crippen molar-refractivity contribution in [2.45, 2.75) is 58.5 Å². The van der Waals surface area contributed by atoms with Crippen LogP contribution in [0.1, 0.15) is 58.3 Å². The molecule has 0 aliphatic carbocycles. The van der Waals surface area contributed by atoms with Crippen LogP contribution < -0.4 is 15.0 Å². The number of aryl methyl sites for hydroxylation is 1. The lowest BCUT2D eigenvalue weighted by Crippen LogP contribution is -2.43. The predicted molar refractivity (Wildman–Crippen MR) is 180 cm³/mol. The van der Waals surface area contributed by atoms with E-state index in [0.29, 0.717) is 32.5 Å². The van der Waals surface area contributed by atoms with Crippen LogP contribution in [-0.4, -0.2) is 64.9 Å². The van der Waals surface area contributed by atoms with Crippen LogP contribution >= 0.6 is 0 Å². The number of nitrogens with zero attached hydrogens (tertiary/aromatic N) is 3. The molecule has 0 saturated carbocycles. The van der Waals surface area contributed by atoms with Gasteiger partial charge in [-0.25, -0.2) is 4.79 Å². The molecule has 0 radical (unpaired) electrons. The van der Waals surface area contributed by atoms with Gasteiger partial charge in [0.25, 0.3) is 5.91 Å². The number of methoxy groups -OCH3 is 1. The van der Waals surface area contributed by atoms with E-state index in [4.69, 9.17) is 9.84 Å². The molecule has 1 aliphatic heterocycles. The van der Waals surface area contributed by atoms with Crippen molar-refractivity contribution in [1.82, 2.24) is 15.1 Å². The van der Waals surface area contributed by atoms with Gasteiger partial charge in [-0.3, -0.25) is 19.1 Å². The third-order valence-corrected chi connectivity index (χ3v) is 8.55. The number of esters is 1. The van der Waals surface area contributed by atoms with Crippen LogP contribution in [0.5, 0.6) is 5.75 Å². The molecule has 4 aromatic rings. The maximum absolute atomic E-state index is 13.4. The molecule has 1 aliphatic rings. The molecule has 2 amide bonds. The third kappa shape index (κ3) is 8.09. The fourth-order valence-corrected chi connectivity index (χ4v) is 5.91. The largest absolute Gasteiger partial charge is 0.493 e. The fraction of sp³-hybridized carbons (Fsp3) is 0.324. The summed E-state index contributed by atoms with van der Waals surface area (Å²) < 4.78 is 12.4. The van der Waals surface area contributed by atoms with Gasteiger partial charge in [-0.05, 0) is 85.2 Å². The highest BCUT2D eigenvalue weighted by molar-refractivity contribution is 5.98. The number of carboxylic acids is 1. The number of hydrogen-bond acceptors (Lipinski definition) is 7. The second-order valence-electron chi connectivity index (χ2n) is 11.9. The minimum Gasteiger partial charge on any atom is -0.493 e. The van der Waals surface area contributed by atoms with E-state index in [9.17, 15) is 19.2 Å². The number of nitrogens with one attached hydrogen (secondary N) is 1. The van der Waals surface area contributed by atoms with Crippen molar-refractivity contribution in [2.24, 2.45) is 0 Å². The quantitative estimate of drug-likeness (QED) is 0.150. The van der Waals surface area contributed by atoms with Crippen LogP contribution in [0.15, 0.2) is 73.1 Å². The molecular weight excluding hydrogens is 612 g/mol. The Morgan fingerprint density at radius 3 is 2.62 bits per heavy atom. The van der Waals surface area contributed by atoms with Crippen molar-refractivity contribution in [1.29, 1.82) is 0 Å². The molecule has 1 aromatic heterocycles. The molecule has 1 unspecified atom stereocenters. The lowest BCUT2D eigenvalue weighted by molar-refractivity contribution is -0.147. The van der Waals surface area contributed by atoms with E-state index in [2.05, 4.69) is 28.1 Å². The second-order valence-corrected chi connectivity index (χ2v) is 11.9. The maximum atomic E-state index is 13.4. The highest BCUT2D eigenvalue weighted by Gasteiger charge is 2.26. The first-order chi connectivity index (χ1) is 23.1. The molecule has 0 saturated heterocycles. The summed E-state index contributed by atoms with van der Waals surface area (Å²) in [6.07, 6.45) is 5.88. The molecule has 0 fully saturated rings. The van der Waals surface area contributed by atoms with E-state index in [1.165, 1.54) is 5.56 Å². The first kappa shape index (κ1) is 33.9. The predicted octanol–water partition coefficient (Wildman–Crippen LogP) is 5.10. The minimum atomic E-state index is -1.30. The Morgan fingerprint density at radius 2 is 1.83 bits per heavy atom. The number of amides is 2. The van der Waals surface area contributed by atoms with Gasteiger partial charge >= 0.3 is 11.9 Å². The van der Waals surface area contributed by atoms with Crippen molar-refractivity contribution in [3.63, 3.8) is 0 Å². The van der Waals surface area contributed by atoms with Gasteiger partial charge < -0.3 is 24.8 Å². The van der Waals surface area contributed by atoms with Crippen molar-refractivity contribution in [3.8, 4) is 16.9 Å². The van der Waals surface area contributed by atoms with Crippen molar-refractivity contribution >= 4 is 29.4 Å². The summed E-state index contributed by atoms with van der Waals surface area (Å²) in [6, 6.07) is 17.5. The van der Waals surface area contributed by atoms with Gasteiger partial charge in [0.1, 0.15) is 11.8 Å². The van der Waals surface area contributed by atoms with Crippen molar-refractivity contribution in [2.75, 3.05) is 25.2 Å². The second kappa shape index (κ2) is 15.4. The SMILES string of the molecule is COC(=O)C(CC(=O)O)NC(=O)c1cccc(Cn2cc(-c3cccc4c3CCCN4C(=O)CCCOc3cccc(C)c3C)cn2)c1. The first-order valence-electron chi connectivity index (χ1n) is 16.0. The molecule has 2 heterocycles. The number of carbonyl (C=O) groups excluding carboxylic acids is 3. The molecule has 3 aromatic carbocycles. The Kier molecular flexibility index (Phi) is 10.9. The van der Waals surface area contributed by atoms with Gasteiger partial charge in [-0.2, -0.15) is 5.10 Å². The van der Waals surface area contributed by atoms with Gasteiger partial charge in [0, 0.05) is 36.0 Å². The number of fused-ring (bicyclic) bond motifs is 1. The zero-order chi connectivity index (χ0) is 34.2. The van der Waals surface area contributed by atoms with Gasteiger partial charge in [-0.1, -0.05) is 36.4 Å². The Bertz CT molecular complexity index is 1810. The van der Waals surface area contributed by atoms with E-state index in [-0.39, 0.29) is 11.5 Å². The van der Waals surface area contributed by atoms with Crippen LogP contribution in [0, 0.1) is 13.8 Å². The standard InChI is InChI=1S/C37H40N4O7/c1-24-9-4-15-33(25(24)2)48-18-8-16-34(42)41-17-7-13-30-29(12-6-14-32(30)41)28-21-38-40(23-28)22-26-10-5-11-27(19-26)36(45)39-31(20-35(43)44)37(46)47-3/h4-6,9-12,14-15,19,21,23,31H,7-8,13,16-18,20,22H2,1-3H3,(H,39,45)(H,43,44). The summed E-state index contributed by atoms with van der Waals surface area (Å²) in [7, 11) is 1.13. The van der Waals surface area contributed by atoms with Gasteiger partial charge in [0.2, 0.25) is 5.91 Å². The summed E-state index contributed by atoms with van der Waals surface area (Å²) in [6.45, 7) is 5.62. The smallest absolute Gasteiger partial charge is 0.328 e. The van der Waals surface area contributed by atoms with E-state index in [1.807, 2.05) is 54.4 Å². The molecule has 5 rings (SSSR count). The lowest BCUT2D eigenvalue weighted by Gasteiger charge is -2.31. The summed E-state index contributed by atoms with van der Waals surface area (Å²) in [4.78, 5) is 51.2. The number of aromatic nitrogens is 2. The van der Waals surface area contributed by atoms with Crippen molar-refractivity contribution < 1.29 is 33.8 Å². The number of aliphatic carboxylic acids is 1. The summed E-state index contributed by atoms with van der Waals surface area (Å²) >= 11 is 0. The van der Waals surface area contributed by atoms with E-state index in [0.717, 1.165) is 59.2 Å². The average molecular weight is 653 g/mol. The molecule has 0 bridgehead atoms. The van der Waals surface area contributed by atoms with Crippen LogP contribution in [0.3, 0.4) is 0 Å². The molecule has 2 N–H and O–H groups in total. The molecular formula is C37H40N4O7. The van der Waals surface area contributed by atoms with Crippen molar-refractivity contribution in [3.05, 3.63) is 101 Å². The maximum Gasteiger partial charge on any atom is 0.328 e. The van der Waals surface area contributed by atoms with Gasteiger partial charge in [0.15, 0.2) is 0 Å². The zero-order valence-corrected chi connectivity index (χ0v) is 27.4. The van der Waals surface area contributed by atoms with E-state index in [1.54, 1.807) is 29.1 Å². The number of ether oxygens (including phenoxy) is 2. The topological polar surface area (TPSA) is 140 Å². The zero-order valence-electron chi connectivity index (χ0n) is 27.4. The summed E-state index contributed by atoms with van der Waals surface area (Å²) in [5.41, 5.74) is 7.35. The Morgan fingerprint density at radius 1 is 1.04 bits per heavy atom. The van der Waals surface area contributed by atoms with Crippen LogP contribution in [0.2, 0.25) is 0 Å². The van der Waals surface area contributed by atoms with Gasteiger partial charge in [-0.15, -0.1) is 0 Å². The summed E-state index contributed by atoms with van der Waals surface area (Å²) in [5.74, 6) is -1.71. The number of anilines is 1.